The highest BCUT2D eigenvalue weighted by molar-refractivity contribution is 5.79. The third-order valence-corrected chi connectivity index (χ3v) is 3.97. The predicted octanol–water partition coefficient (Wildman–Crippen LogP) is 2.30. The van der Waals surface area contributed by atoms with E-state index in [0.29, 0.717) is 19.1 Å². The lowest BCUT2D eigenvalue weighted by atomic mass is 9.90. The van der Waals surface area contributed by atoms with Crippen molar-refractivity contribution in [3.63, 3.8) is 0 Å². The van der Waals surface area contributed by atoms with E-state index in [0.717, 1.165) is 25.7 Å². The van der Waals surface area contributed by atoms with Crippen molar-refractivity contribution in [2.45, 2.75) is 64.5 Å². The smallest absolute Gasteiger partial charge is 0.410 e. The predicted molar refractivity (Wildman–Crippen MR) is 76.3 cm³/mol. The highest BCUT2D eigenvalue weighted by Gasteiger charge is 2.31. The minimum absolute atomic E-state index is 0.0503. The number of amides is 2. The van der Waals surface area contributed by atoms with Crippen LogP contribution in [0.3, 0.4) is 0 Å². The van der Waals surface area contributed by atoms with Crippen LogP contribution in [0.15, 0.2) is 0 Å². The van der Waals surface area contributed by atoms with Crippen LogP contribution in [0.5, 0.6) is 0 Å². The zero-order valence-electron chi connectivity index (χ0n) is 12.8. The molecule has 1 saturated carbocycles. The van der Waals surface area contributed by atoms with Crippen molar-refractivity contribution in [3.05, 3.63) is 0 Å². The van der Waals surface area contributed by atoms with Gasteiger partial charge < -0.3 is 15.0 Å². The second kappa shape index (κ2) is 6.02. The Balaban J connectivity index is 1.74. The zero-order chi connectivity index (χ0) is 14.8. The summed E-state index contributed by atoms with van der Waals surface area (Å²) in [4.78, 5) is 25.7. The molecule has 0 aromatic carbocycles. The molecular weight excluding hydrogens is 256 g/mol. The van der Waals surface area contributed by atoms with E-state index in [-0.39, 0.29) is 17.9 Å². The van der Waals surface area contributed by atoms with E-state index in [1.54, 1.807) is 4.90 Å². The molecule has 0 radical (unpaired) electrons. The van der Waals surface area contributed by atoms with E-state index in [4.69, 9.17) is 4.74 Å². The van der Waals surface area contributed by atoms with Gasteiger partial charge in [-0.15, -0.1) is 0 Å². The first-order chi connectivity index (χ1) is 9.35. The number of rotatable bonds is 2. The molecule has 1 aliphatic carbocycles. The molecule has 2 fully saturated rings. The van der Waals surface area contributed by atoms with Crippen molar-refractivity contribution in [3.8, 4) is 0 Å². The van der Waals surface area contributed by atoms with Gasteiger partial charge in [-0.25, -0.2) is 4.79 Å². The number of nitrogens with zero attached hydrogens (tertiary/aromatic N) is 1. The average Bonchev–Trinajstić information content (AvgIpc) is 2.31. The number of nitrogens with one attached hydrogen (secondary N) is 1. The van der Waals surface area contributed by atoms with Crippen LogP contribution < -0.4 is 5.32 Å². The van der Waals surface area contributed by atoms with Gasteiger partial charge in [0.25, 0.3) is 0 Å². The van der Waals surface area contributed by atoms with Gasteiger partial charge in [0.1, 0.15) is 5.60 Å². The van der Waals surface area contributed by atoms with E-state index < -0.39 is 5.60 Å². The maximum absolute atomic E-state index is 12.1. The molecule has 5 heteroatoms. The average molecular weight is 282 g/mol. The van der Waals surface area contributed by atoms with E-state index in [9.17, 15) is 9.59 Å². The number of ether oxygens (including phenoxy) is 1. The second-order valence-electron chi connectivity index (χ2n) is 6.88. The summed E-state index contributed by atoms with van der Waals surface area (Å²) >= 11 is 0. The molecule has 20 heavy (non-hydrogen) atoms. The van der Waals surface area contributed by atoms with Gasteiger partial charge in [-0.2, -0.15) is 0 Å². The lowest BCUT2D eigenvalue weighted by Crippen LogP contribution is -2.47. The maximum Gasteiger partial charge on any atom is 0.410 e. The van der Waals surface area contributed by atoms with Gasteiger partial charge in [0, 0.05) is 25.0 Å². The van der Waals surface area contributed by atoms with Gasteiger partial charge >= 0.3 is 6.09 Å². The van der Waals surface area contributed by atoms with Gasteiger partial charge in [-0.3, -0.25) is 4.79 Å². The number of piperidine rings is 1. The fourth-order valence-electron chi connectivity index (χ4n) is 2.52. The van der Waals surface area contributed by atoms with Crippen LogP contribution in [0, 0.1) is 5.92 Å². The molecule has 0 spiro atoms. The lowest BCUT2D eigenvalue weighted by molar-refractivity contribution is -0.127. The van der Waals surface area contributed by atoms with Crippen LogP contribution in [-0.4, -0.2) is 41.6 Å². The van der Waals surface area contributed by atoms with Crippen molar-refractivity contribution >= 4 is 12.0 Å². The Morgan fingerprint density at radius 1 is 1.10 bits per heavy atom. The van der Waals surface area contributed by atoms with Crippen LogP contribution in [0.2, 0.25) is 0 Å². The Kier molecular flexibility index (Phi) is 4.55. The fourth-order valence-corrected chi connectivity index (χ4v) is 2.52. The van der Waals surface area contributed by atoms with E-state index in [1.807, 2.05) is 20.8 Å². The second-order valence-corrected chi connectivity index (χ2v) is 6.88. The van der Waals surface area contributed by atoms with Gasteiger partial charge in [-0.05, 0) is 52.9 Å². The van der Waals surface area contributed by atoms with E-state index in [1.165, 1.54) is 6.42 Å². The molecule has 0 aromatic rings. The van der Waals surface area contributed by atoms with Gasteiger partial charge in [0.2, 0.25) is 5.91 Å². The molecule has 0 unspecified atom stereocenters. The van der Waals surface area contributed by atoms with Gasteiger partial charge in [0.15, 0.2) is 0 Å². The Bertz CT molecular complexity index is 364. The summed E-state index contributed by atoms with van der Waals surface area (Å²) in [6, 6.07) is 0.395. The third kappa shape index (κ3) is 4.12. The monoisotopic (exact) mass is 282 g/mol. The number of likely N-dealkylation sites (tertiary alicyclic amines) is 1. The summed E-state index contributed by atoms with van der Waals surface area (Å²) in [6.07, 6.45) is 4.65. The van der Waals surface area contributed by atoms with Crippen LogP contribution in [0.25, 0.3) is 0 Å². The van der Waals surface area contributed by atoms with Crippen molar-refractivity contribution in [2.24, 2.45) is 5.92 Å². The van der Waals surface area contributed by atoms with Gasteiger partial charge in [-0.1, -0.05) is 0 Å². The highest BCUT2D eigenvalue weighted by Crippen LogP contribution is 2.22. The Labute approximate surface area is 121 Å². The molecule has 2 rings (SSSR count). The Morgan fingerprint density at radius 2 is 1.70 bits per heavy atom. The first kappa shape index (κ1) is 15.1. The van der Waals surface area contributed by atoms with Crippen molar-refractivity contribution in [2.75, 3.05) is 13.1 Å². The molecule has 0 atom stereocenters. The van der Waals surface area contributed by atoms with Crippen molar-refractivity contribution in [1.82, 2.24) is 10.2 Å². The minimum Gasteiger partial charge on any atom is -0.444 e. The molecule has 0 aromatic heterocycles. The summed E-state index contributed by atoms with van der Waals surface area (Å²) in [6.45, 7) is 6.81. The number of carbonyl (C=O) groups is 2. The molecular formula is C15H26N2O3. The third-order valence-electron chi connectivity index (χ3n) is 3.97. The first-order valence-electron chi connectivity index (χ1n) is 7.63. The Hall–Kier alpha value is -1.26. The lowest BCUT2D eigenvalue weighted by Gasteiger charge is -2.34. The topological polar surface area (TPSA) is 58.6 Å². The molecule has 0 bridgehead atoms. The maximum atomic E-state index is 12.1. The molecule has 5 nitrogen and oxygen atoms in total. The quantitative estimate of drug-likeness (QED) is 0.845. The summed E-state index contributed by atoms with van der Waals surface area (Å²) in [5.74, 6) is 0.216. The molecule has 114 valence electrons. The SMILES string of the molecule is CC(C)(C)OC(=O)N1CCC(C(=O)NC2CCC2)CC1. The van der Waals surface area contributed by atoms with E-state index >= 15 is 0 Å². The summed E-state index contributed by atoms with van der Waals surface area (Å²) < 4.78 is 5.35. The zero-order valence-corrected chi connectivity index (χ0v) is 12.8. The molecule has 2 amide bonds. The molecule has 1 heterocycles. The standard InChI is InChI=1S/C15H26N2O3/c1-15(2,3)20-14(19)17-9-7-11(8-10-17)13(18)16-12-5-4-6-12/h11-12H,4-10H2,1-3H3,(H,16,18). The van der Waals surface area contributed by atoms with Crippen LogP contribution in [0.4, 0.5) is 4.79 Å². The van der Waals surface area contributed by atoms with Gasteiger partial charge in [0.05, 0.1) is 0 Å². The Morgan fingerprint density at radius 3 is 2.15 bits per heavy atom. The van der Waals surface area contributed by atoms with Crippen LogP contribution in [-0.2, 0) is 9.53 Å². The number of hydrogen-bond acceptors (Lipinski definition) is 3. The minimum atomic E-state index is -0.463. The largest absolute Gasteiger partial charge is 0.444 e. The summed E-state index contributed by atoms with van der Waals surface area (Å²) in [5.41, 5.74) is -0.463. The summed E-state index contributed by atoms with van der Waals surface area (Å²) in [5, 5.41) is 3.09. The molecule has 2 aliphatic rings. The van der Waals surface area contributed by atoms with Crippen LogP contribution in [0.1, 0.15) is 52.9 Å². The normalized spacial score (nSPS) is 21.2. The van der Waals surface area contributed by atoms with Crippen LogP contribution >= 0.6 is 0 Å². The van der Waals surface area contributed by atoms with Crippen molar-refractivity contribution < 1.29 is 14.3 Å². The van der Waals surface area contributed by atoms with Crippen molar-refractivity contribution in [1.29, 1.82) is 0 Å². The fraction of sp³-hybridized carbons (Fsp3) is 0.867. The summed E-state index contributed by atoms with van der Waals surface area (Å²) in [7, 11) is 0. The van der Waals surface area contributed by atoms with E-state index in [2.05, 4.69) is 5.32 Å². The molecule has 1 aliphatic heterocycles. The number of hydrogen-bond donors (Lipinski definition) is 1. The molecule has 1 saturated heterocycles. The molecule has 1 N–H and O–H groups in total. The highest BCUT2D eigenvalue weighted by atomic mass is 16.6. The number of carbonyl (C=O) groups excluding carboxylic acids is 2. The first-order valence-corrected chi connectivity index (χ1v) is 7.63.